The Balaban J connectivity index is 0.000000216. The van der Waals surface area contributed by atoms with E-state index in [2.05, 4.69) is 11.4 Å². The van der Waals surface area contributed by atoms with E-state index in [-0.39, 0.29) is 32.4 Å². The third-order valence-electron chi connectivity index (χ3n) is 6.28. The van der Waals surface area contributed by atoms with Gasteiger partial charge in [-0.1, -0.05) is 43.0 Å². The van der Waals surface area contributed by atoms with Crippen molar-refractivity contribution >= 4 is 47.9 Å². The minimum absolute atomic E-state index is 0.109. The van der Waals surface area contributed by atoms with Crippen molar-refractivity contribution in [3.63, 3.8) is 0 Å². The van der Waals surface area contributed by atoms with Crippen LogP contribution in [0.15, 0.2) is 71.7 Å². The number of sulfone groups is 2. The van der Waals surface area contributed by atoms with Gasteiger partial charge in [-0.15, -0.1) is 0 Å². The number of nitrogens with zero attached hydrogens (tertiary/aromatic N) is 2. The normalized spacial score (nSPS) is 15.5. The molecule has 0 atom stereocenters. The molecule has 0 N–H and O–H groups in total. The predicted molar refractivity (Wildman–Crippen MR) is 152 cm³/mol. The molecule has 0 aliphatic heterocycles. The van der Waals surface area contributed by atoms with Crippen molar-refractivity contribution in [1.29, 1.82) is 0 Å². The summed E-state index contributed by atoms with van der Waals surface area (Å²) in [6.07, 6.45) is 4.18. The number of ketones is 2. The van der Waals surface area contributed by atoms with E-state index in [0.29, 0.717) is 16.7 Å². The van der Waals surface area contributed by atoms with Gasteiger partial charge in [-0.2, -0.15) is 4.79 Å². The molecule has 2 aromatic carbocycles. The van der Waals surface area contributed by atoms with Crippen molar-refractivity contribution in [3.05, 3.63) is 94.6 Å². The molecule has 0 bridgehead atoms. The van der Waals surface area contributed by atoms with E-state index in [1.54, 1.807) is 65.8 Å². The monoisotopic (exact) mass is 566 g/mol. The summed E-state index contributed by atoms with van der Waals surface area (Å²) in [6, 6.07) is 11.3. The van der Waals surface area contributed by atoms with Gasteiger partial charge >= 0.3 is 5.71 Å². The number of fused-ring (bicyclic) bond motifs is 2. The Bertz CT molecular complexity index is 1740. The number of benzene rings is 2. The molecule has 10 heteroatoms. The Hall–Kier alpha value is -3.72. The first kappa shape index (κ1) is 29.8. The number of allylic oxidation sites excluding steroid dienone is 3. The van der Waals surface area contributed by atoms with Gasteiger partial charge in [0.1, 0.15) is 0 Å². The lowest BCUT2D eigenvalue weighted by atomic mass is 9.93. The molecule has 0 aromatic heterocycles. The Kier molecular flexibility index (Phi) is 7.73. The first-order valence-corrected chi connectivity index (χ1v) is 14.9. The van der Waals surface area contributed by atoms with Crippen molar-refractivity contribution in [2.24, 2.45) is 0 Å². The Morgan fingerprint density at radius 3 is 1.79 bits per heavy atom. The van der Waals surface area contributed by atoms with Gasteiger partial charge in [0.2, 0.25) is 0 Å². The van der Waals surface area contributed by atoms with Crippen LogP contribution in [0.1, 0.15) is 73.4 Å². The van der Waals surface area contributed by atoms with E-state index in [9.17, 15) is 26.4 Å². The highest BCUT2D eigenvalue weighted by molar-refractivity contribution is 8.01. The first-order chi connectivity index (χ1) is 17.9. The fraction of sp³-hybridized carbons (Fsp3) is 0.276. The number of hydrogen-bond donors (Lipinski definition) is 0. The number of carbonyl (C=O) groups is 2. The van der Waals surface area contributed by atoms with Gasteiger partial charge in [0.15, 0.2) is 25.5 Å². The number of Topliss-reactive ketones (excluding diaryl/α,β-unsaturated/α-hetero) is 2. The molecule has 0 spiro atoms. The van der Waals surface area contributed by atoms with E-state index in [1.165, 1.54) is 36.4 Å². The zero-order valence-corrected chi connectivity index (χ0v) is 24.3. The predicted octanol–water partition coefficient (Wildman–Crippen LogP) is 5.13. The lowest BCUT2D eigenvalue weighted by molar-refractivity contribution is -0.00436. The maximum Gasteiger partial charge on any atom is 0.362 e. The third kappa shape index (κ3) is 5.28. The molecule has 0 fully saturated rings. The highest BCUT2D eigenvalue weighted by atomic mass is 32.2. The molecule has 0 unspecified atom stereocenters. The third-order valence-corrected chi connectivity index (χ3v) is 11.4. The molecule has 2 aliphatic rings. The molecular weight excluding hydrogens is 536 g/mol. The molecular formula is C29H30N2O6S2. The molecule has 0 radical (unpaired) electrons. The van der Waals surface area contributed by atoms with E-state index in [4.69, 9.17) is 5.53 Å². The smallest absolute Gasteiger partial charge is 0.361 e. The van der Waals surface area contributed by atoms with Crippen molar-refractivity contribution < 1.29 is 31.2 Å². The maximum atomic E-state index is 12.6. The zero-order chi connectivity index (χ0) is 29.6. The van der Waals surface area contributed by atoms with E-state index >= 15 is 0 Å². The summed E-state index contributed by atoms with van der Waals surface area (Å²) in [5.74, 6) is -0.709. The van der Waals surface area contributed by atoms with Crippen molar-refractivity contribution in [1.82, 2.24) is 0 Å². The van der Waals surface area contributed by atoms with Crippen LogP contribution in [0.5, 0.6) is 0 Å². The zero-order valence-electron chi connectivity index (χ0n) is 22.6. The molecule has 204 valence electrons. The van der Waals surface area contributed by atoms with Crippen LogP contribution in [0.3, 0.4) is 0 Å². The van der Waals surface area contributed by atoms with Crippen molar-refractivity contribution in [2.75, 3.05) is 0 Å². The Labute approximate surface area is 229 Å². The van der Waals surface area contributed by atoms with Crippen LogP contribution >= 0.6 is 0 Å². The summed E-state index contributed by atoms with van der Waals surface area (Å²) in [5.41, 5.74) is 10.3. The van der Waals surface area contributed by atoms with Gasteiger partial charge < -0.3 is 5.53 Å². The van der Waals surface area contributed by atoms with Crippen LogP contribution in [-0.4, -0.2) is 48.4 Å². The standard InChI is InChI=1S/C15H16O3S.C14H14N2O3S/c1-10-9-13(19(17,18)15(2,3)4)11-7-5-6-8-12(11)14(10)16;1-14(2,3)20(18,19)12-6-4-5-10-9(12)7-8-11(16-15)13(10)17/h5-9H,1H2,2-4H3;4-8H,1-3H3. The van der Waals surface area contributed by atoms with Crippen molar-refractivity contribution in [2.45, 2.75) is 55.9 Å². The van der Waals surface area contributed by atoms with Crippen LogP contribution in [0.4, 0.5) is 0 Å². The molecule has 8 nitrogen and oxygen atoms in total. The Morgan fingerprint density at radius 2 is 1.26 bits per heavy atom. The van der Waals surface area contributed by atoms with Gasteiger partial charge in [0.25, 0.3) is 5.78 Å². The van der Waals surface area contributed by atoms with Crippen molar-refractivity contribution in [3.8, 4) is 0 Å². The summed E-state index contributed by atoms with van der Waals surface area (Å²) in [4.78, 5) is 27.2. The summed E-state index contributed by atoms with van der Waals surface area (Å²) in [5, 5.41) is 0. The number of carbonyl (C=O) groups excluding carboxylic acids is 2. The lowest BCUT2D eigenvalue weighted by Crippen LogP contribution is -2.30. The molecule has 0 amide bonds. The van der Waals surface area contributed by atoms with Crippen LogP contribution in [-0.2, 0) is 19.7 Å². The molecule has 0 saturated carbocycles. The summed E-state index contributed by atoms with van der Waals surface area (Å²) in [7, 11) is -7.09. The number of hydrogen-bond acceptors (Lipinski definition) is 6. The second-order valence-corrected chi connectivity index (χ2v) is 16.3. The minimum Gasteiger partial charge on any atom is -0.361 e. The summed E-state index contributed by atoms with van der Waals surface area (Å²) >= 11 is 0. The topological polar surface area (TPSA) is 139 Å². The second-order valence-electron chi connectivity index (χ2n) is 11.0. The highest BCUT2D eigenvalue weighted by Crippen LogP contribution is 2.37. The molecule has 39 heavy (non-hydrogen) atoms. The Morgan fingerprint density at radius 1 is 0.718 bits per heavy atom. The summed E-state index contributed by atoms with van der Waals surface area (Å²) in [6.45, 7) is 13.4. The van der Waals surface area contributed by atoms with E-state index in [1.807, 2.05) is 0 Å². The maximum absolute atomic E-state index is 12.6. The van der Waals surface area contributed by atoms with E-state index in [0.717, 1.165) is 0 Å². The van der Waals surface area contributed by atoms with Gasteiger partial charge in [0, 0.05) is 33.9 Å². The fourth-order valence-electron chi connectivity index (χ4n) is 3.86. The molecule has 0 saturated heterocycles. The molecule has 0 heterocycles. The molecule has 2 aromatic rings. The van der Waals surface area contributed by atoms with E-state index < -0.39 is 35.0 Å². The van der Waals surface area contributed by atoms with Crippen LogP contribution in [0.2, 0.25) is 0 Å². The average Bonchev–Trinajstić information content (AvgIpc) is 2.85. The quantitative estimate of drug-likeness (QED) is 0.280. The van der Waals surface area contributed by atoms with Gasteiger partial charge in [0.05, 0.1) is 19.3 Å². The SMILES string of the molecule is C=C1C=C(S(=O)(=O)C(C)(C)C)c2ccccc2C1=O.CC(C)(C)S(=O)(=O)c1cccc2c1C=CC(=[N+]=[N-])C2=O. The van der Waals surface area contributed by atoms with Crippen LogP contribution in [0.25, 0.3) is 16.5 Å². The highest BCUT2D eigenvalue weighted by Gasteiger charge is 2.38. The minimum atomic E-state index is -3.57. The van der Waals surface area contributed by atoms with Gasteiger partial charge in [-0.3, -0.25) is 9.59 Å². The fourth-order valence-corrected chi connectivity index (χ4v) is 6.67. The lowest BCUT2D eigenvalue weighted by Gasteiger charge is -2.25. The van der Waals surface area contributed by atoms with Crippen LogP contribution in [0, 0.1) is 0 Å². The average molecular weight is 567 g/mol. The largest absolute Gasteiger partial charge is 0.362 e. The summed E-state index contributed by atoms with van der Waals surface area (Å²) < 4.78 is 48.4. The molecule has 2 aliphatic carbocycles. The van der Waals surface area contributed by atoms with Gasteiger partial charge in [-0.05, 0) is 59.8 Å². The van der Waals surface area contributed by atoms with Crippen LogP contribution < -0.4 is 0 Å². The molecule has 4 rings (SSSR count). The second kappa shape index (κ2) is 10.1. The number of rotatable bonds is 2. The van der Waals surface area contributed by atoms with Gasteiger partial charge in [-0.25, -0.2) is 16.8 Å². The first-order valence-electron chi connectivity index (χ1n) is 12.0.